The van der Waals surface area contributed by atoms with E-state index in [0.29, 0.717) is 0 Å². The van der Waals surface area contributed by atoms with Crippen LogP contribution in [0.2, 0.25) is 0 Å². The molecule has 0 spiro atoms. The first kappa shape index (κ1) is 8.20. The van der Waals surface area contributed by atoms with Crippen molar-refractivity contribution in [2.45, 2.75) is 11.8 Å². The van der Waals surface area contributed by atoms with Crippen LogP contribution in [0.3, 0.4) is 0 Å². The van der Waals surface area contributed by atoms with E-state index in [1.165, 1.54) is 18.5 Å². The fourth-order valence-electron chi connectivity index (χ4n) is 0.647. The standard InChI is InChI=1S/C7H8NO2S/c1-2-11(9,10)7-4-3-5-8-6-7/h4-6H,2H2,1H3. The van der Waals surface area contributed by atoms with Crippen molar-refractivity contribution in [3.63, 3.8) is 0 Å². The highest BCUT2D eigenvalue weighted by atomic mass is 32.2. The SMILES string of the molecule is CCS(=O)(=O)c1c[c]cnc1. The fraction of sp³-hybridized carbons (Fsp3) is 0.286. The Hall–Kier alpha value is -0.900. The number of aromatic nitrogens is 1. The summed E-state index contributed by atoms with van der Waals surface area (Å²) >= 11 is 0. The molecule has 0 N–H and O–H groups in total. The van der Waals surface area contributed by atoms with Gasteiger partial charge < -0.3 is 0 Å². The van der Waals surface area contributed by atoms with Crippen LogP contribution in [0, 0.1) is 6.07 Å². The van der Waals surface area contributed by atoms with Crippen molar-refractivity contribution in [2.24, 2.45) is 0 Å². The average Bonchev–Trinajstić information content (AvgIpc) is 2.06. The molecule has 0 aliphatic heterocycles. The maximum Gasteiger partial charge on any atom is 0.179 e. The first-order valence-electron chi connectivity index (χ1n) is 3.20. The predicted octanol–water partition coefficient (Wildman–Crippen LogP) is 0.675. The minimum Gasteiger partial charge on any atom is -0.263 e. The molecule has 0 aliphatic carbocycles. The summed E-state index contributed by atoms with van der Waals surface area (Å²) in [6, 6.07) is 4.03. The highest BCUT2D eigenvalue weighted by molar-refractivity contribution is 7.91. The molecular formula is C7H8NO2S. The van der Waals surface area contributed by atoms with Crippen LogP contribution in [0.1, 0.15) is 6.92 Å². The van der Waals surface area contributed by atoms with Crippen LogP contribution in [0.5, 0.6) is 0 Å². The average molecular weight is 170 g/mol. The lowest BCUT2D eigenvalue weighted by atomic mass is 10.5. The Morgan fingerprint density at radius 1 is 1.64 bits per heavy atom. The van der Waals surface area contributed by atoms with Gasteiger partial charge in [0.25, 0.3) is 0 Å². The van der Waals surface area contributed by atoms with Gasteiger partial charge in [-0.25, -0.2) is 8.42 Å². The third-order valence-corrected chi connectivity index (χ3v) is 3.02. The zero-order chi connectivity index (χ0) is 8.32. The number of nitrogens with zero attached hydrogens (tertiary/aromatic N) is 1. The second-order valence-electron chi connectivity index (χ2n) is 2.02. The van der Waals surface area contributed by atoms with Crippen LogP contribution >= 0.6 is 0 Å². The van der Waals surface area contributed by atoms with Gasteiger partial charge in [-0.05, 0) is 6.07 Å². The molecule has 0 bridgehead atoms. The van der Waals surface area contributed by atoms with Gasteiger partial charge in [-0.2, -0.15) is 0 Å². The van der Waals surface area contributed by atoms with Crippen molar-refractivity contribution in [3.05, 3.63) is 24.5 Å². The van der Waals surface area contributed by atoms with Gasteiger partial charge in [0, 0.05) is 18.5 Å². The van der Waals surface area contributed by atoms with Gasteiger partial charge in [0.1, 0.15) is 0 Å². The van der Waals surface area contributed by atoms with Crippen molar-refractivity contribution in [3.8, 4) is 0 Å². The lowest BCUT2D eigenvalue weighted by molar-refractivity contribution is 0.597. The van der Waals surface area contributed by atoms with Crippen LogP contribution in [0.25, 0.3) is 0 Å². The third kappa shape index (κ3) is 1.77. The van der Waals surface area contributed by atoms with Gasteiger partial charge in [-0.1, -0.05) is 6.92 Å². The maximum atomic E-state index is 11.1. The van der Waals surface area contributed by atoms with Crippen molar-refractivity contribution in [1.29, 1.82) is 0 Å². The Balaban J connectivity index is 3.14. The molecule has 0 saturated carbocycles. The second-order valence-corrected chi connectivity index (χ2v) is 4.30. The van der Waals surface area contributed by atoms with Crippen molar-refractivity contribution < 1.29 is 8.42 Å². The minimum absolute atomic E-state index is 0.104. The summed E-state index contributed by atoms with van der Waals surface area (Å²) in [7, 11) is -3.09. The lowest BCUT2D eigenvalue weighted by Crippen LogP contribution is -2.03. The molecule has 1 aromatic heterocycles. The van der Waals surface area contributed by atoms with Gasteiger partial charge in [0.2, 0.25) is 0 Å². The number of pyridine rings is 1. The molecule has 0 amide bonds. The normalized spacial score (nSPS) is 11.4. The molecule has 0 aliphatic rings. The minimum atomic E-state index is -3.09. The van der Waals surface area contributed by atoms with Gasteiger partial charge in [0.15, 0.2) is 9.84 Å². The Kier molecular flexibility index (Phi) is 2.24. The van der Waals surface area contributed by atoms with E-state index in [0.717, 1.165) is 0 Å². The summed E-state index contributed by atoms with van der Waals surface area (Å²) in [4.78, 5) is 3.90. The van der Waals surface area contributed by atoms with E-state index in [1.807, 2.05) is 0 Å². The van der Waals surface area contributed by atoms with E-state index in [-0.39, 0.29) is 10.6 Å². The van der Waals surface area contributed by atoms with Crippen LogP contribution in [0.15, 0.2) is 23.4 Å². The van der Waals surface area contributed by atoms with Crippen LogP contribution in [0.4, 0.5) is 0 Å². The second kappa shape index (κ2) is 3.00. The summed E-state index contributed by atoms with van der Waals surface area (Å²) in [5.74, 6) is 0.104. The van der Waals surface area contributed by atoms with Gasteiger partial charge in [-0.15, -0.1) is 0 Å². The van der Waals surface area contributed by atoms with Crippen molar-refractivity contribution in [2.75, 3.05) is 5.75 Å². The van der Waals surface area contributed by atoms with Gasteiger partial charge in [0.05, 0.1) is 10.6 Å². The lowest BCUT2D eigenvalue weighted by Gasteiger charge is -1.97. The molecule has 3 nitrogen and oxygen atoms in total. The topological polar surface area (TPSA) is 47.0 Å². The number of hydrogen-bond acceptors (Lipinski definition) is 3. The number of rotatable bonds is 2. The molecule has 0 atom stereocenters. The highest BCUT2D eigenvalue weighted by Crippen LogP contribution is 2.06. The molecule has 59 valence electrons. The molecule has 1 rings (SSSR count). The van der Waals surface area contributed by atoms with E-state index in [2.05, 4.69) is 11.1 Å². The summed E-state index contributed by atoms with van der Waals surface area (Å²) in [6.45, 7) is 1.60. The summed E-state index contributed by atoms with van der Waals surface area (Å²) in [5, 5.41) is 0. The molecular weight excluding hydrogens is 162 g/mol. The Bertz CT molecular complexity index is 318. The van der Waals surface area contributed by atoms with Crippen LogP contribution in [-0.4, -0.2) is 19.2 Å². The zero-order valence-electron chi connectivity index (χ0n) is 6.11. The molecule has 1 aromatic rings. The summed E-state index contributed by atoms with van der Waals surface area (Å²) in [6.07, 6.45) is 2.75. The van der Waals surface area contributed by atoms with Crippen molar-refractivity contribution >= 4 is 9.84 Å². The monoisotopic (exact) mass is 170 g/mol. The molecule has 1 radical (unpaired) electrons. The number of sulfone groups is 1. The predicted molar refractivity (Wildman–Crippen MR) is 40.8 cm³/mol. The van der Waals surface area contributed by atoms with E-state index in [4.69, 9.17) is 0 Å². The van der Waals surface area contributed by atoms with Crippen molar-refractivity contribution in [1.82, 2.24) is 4.98 Å². The molecule has 11 heavy (non-hydrogen) atoms. The molecule has 4 heteroatoms. The van der Waals surface area contributed by atoms with E-state index in [1.54, 1.807) is 6.92 Å². The molecule has 1 heterocycles. The molecule has 0 unspecified atom stereocenters. The zero-order valence-corrected chi connectivity index (χ0v) is 6.93. The Labute approximate surface area is 66.0 Å². The van der Waals surface area contributed by atoms with E-state index >= 15 is 0 Å². The summed E-state index contributed by atoms with van der Waals surface area (Å²) in [5.41, 5.74) is 0. The van der Waals surface area contributed by atoms with E-state index < -0.39 is 9.84 Å². The van der Waals surface area contributed by atoms with Gasteiger partial charge in [-0.3, -0.25) is 4.98 Å². The van der Waals surface area contributed by atoms with E-state index in [9.17, 15) is 8.42 Å². The Morgan fingerprint density at radius 2 is 2.36 bits per heavy atom. The largest absolute Gasteiger partial charge is 0.263 e. The quantitative estimate of drug-likeness (QED) is 0.655. The first-order chi connectivity index (χ1) is 5.17. The fourth-order valence-corrected chi connectivity index (χ4v) is 1.45. The highest BCUT2D eigenvalue weighted by Gasteiger charge is 2.09. The molecule has 0 saturated heterocycles. The Morgan fingerprint density at radius 3 is 2.82 bits per heavy atom. The summed E-state index contributed by atoms with van der Waals surface area (Å²) < 4.78 is 22.3. The smallest absolute Gasteiger partial charge is 0.179 e. The maximum absolute atomic E-state index is 11.1. The third-order valence-electron chi connectivity index (χ3n) is 1.32. The van der Waals surface area contributed by atoms with Crippen LogP contribution in [-0.2, 0) is 9.84 Å². The molecule has 0 aromatic carbocycles. The number of hydrogen-bond donors (Lipinski definition) is 0. The van der Waals surface area contributed by atoms with Crippen LogP contribution < -0.4 is 0 Å². The van der Waals surface area contributed by atoms with Gasteiger partial charge >= 0.3 is 0 Å². The first-order valence-corrected chi connectivity index (χ1v) is 4.86. The molecule has 0 fully saturated rings.